The minimum atomic E-state index is -0.117. The summed E-state index contributed by atoms with van der Waals surface area (Å²) in [6.07, 6.45) is 3.49. The lowest BCUT2D eigenvalue weighted by Crippen LogP contribution is -2.30. The van der Waals surface area contributed by atoms with Crippen molar-refractivity contribution >= 4 is 44.2 Å². The number of aryl methyl sites for hydroxylation is 2. The number of aromatic nitrogens is 2. The van der Waals surface area contributed by atoms with Gasteiger partial charge in [-0.3, -0.25) is 14.7 Å². The third kappa shape index (κ3) is 3.77. The number of hydrogen-bond donors (Lipinski definition) is 0. The first kappa shape index (κ1) is 18.6. The maximum absolute atomic E-state index is 13.3. The van der Waals surface area contributed by atoms with E-state index in [1.807, 2.05) is 19.1 Å². The van der Waals surface area contributed by atoms with Gasteiger partial charge >= 0.3 is 0 Å². The van der Waals surface area contributed by atoms with Crippen LogP contribution in [0.3, 0.4) is 0 Å². The van der Waals surface area contributed by atoms with Gasteiger partial charge in [0.05, 0.1) is 16.8 Å². The van der Waals surface area contributed by atoms with Crippen molar-refractivity contribution in [1.82, 2.24) is 9.97 Å². The van der Waals surface area contributed by atoms with E-state index in [4.69, 9.17) is 16.6 Å². The summed E-state index contributed by atoms with van der Waals surface area (Å²) in [5.41, 5.74) is 4.74. The molecule has 0 unspecified atom stereocenters. The van der Waals surface area contributed by atoms with Crippen molar-refractivity contribution in [2.24, 2.45) is 0 Å². The Balaban J connectivity index is 1.79. The number of hydrogen-bond acceptors (Lipinski definition) is 4. The Kier molecular flexibility index (Phi) is 5.11. The minimum absolute atomic E-state index is 0.117. The highest BCUT2D eigenvalue weighted by molar-refractivity contribution is 7.22. The Hall–Kier alpha value is -2.76. The summed E-state index contributed by atoms with van der Waals surface area (Å²) in [4.78, 5) is 24.0. The second-order valence-electron chi connectivity index (χ2n) is 6.68. The molecule has 2 aromatic heterocycles. The molecule has 0 aliphatic carbocycles. The van der Waals surface area contributed by atoms with Crippen LogP contribution in [0.2, 0.25) is 5.02 Å². The summed E-state index contributed by atoms with van der Waals surface area (Å²) in [6, 6.07) is 15.0. The fourth-order valence-electron chi connectivity index (χ4n) is 3.12. The molecular weight excluding hydrogens is 390 g/mol. The summed E-state index contributed by atoms with van der Waals surface area (Å²) in [7, 11) is 0. The third-order valence-corrected chi connectivity index (χ3v) is 5.73. The Morgan fingerprint density at radius 1 is 1.14 bits per heavy atom. The number of carbonyl (C=O) groups excluding carboxylic acids is 1. The zero-order valence-electron chi connectivity index (χ0n) is 15.5. The highest BCUT2D eigenvalue weighted by atomic mass is 35.5. The summed E-state index contributed by atoms with van der Waals surface area (Å²) in [5.74, 6) is -0.117. The molecule has 28 heavy (non-hydrogen) atoms. The van der Waals surface area contributed by atoms with Crippen LogP contribution in [-0.4, -0.2) is 15.9 Å². The number of thiazole rings is 1. The number of halogens is 1. The molecule has 0 aliphatic rings. The predicted octanol–water partition coefficient (Wildman–Crippen LogP) is 5.81. The molecule has 4 aromatic rings. The molecule has 4 nitrogen and oxygen atoms in total. The Labute approximate surface area is 172 Å². The zero-order valence-corrected chi connectivity index (χ0v) is 17.1. The second kappa shape index (κ2) is 7.70. The first-order valence-corrected chi connectivity index (χ1v) is 10.0. The molecule has 0 fully saturated rings. The van der Waals surface area contributed by atoms with Gasteiger partial charge in [-0.25, -0.2) is 4.98 Å². The van der Waals surface area contributed by atoms with E-state index in [0.717, 1.165) is 21.3 Å². The largest absolute Gasteiger partial charge is 0.279 e. The van der Waals surface area contributed by atoms with Crippen LogP contribution in [0.4, 0.5) is 5.13 Å². The summed E-state index contributed by atoms with van der Waals surface area (Å²) >= 11 is 7.51. The van der Waals surface area contributed by atoms with Crippen molar-refractivity contribution in [3.8, 4) is 0 Å². The number of carbonyl (C=O) groups is 1. The molecule has 2 aromatic carbocycles. The number of benzene rings is 2. The van der Waals surface area contributed by atoms with E-state index in [1.165, 1.54) is 16.9 Å². The van der Waals surface area contributed by atoms with Gasteiger partial charge in [0.2, 0.25) is 0 Å². The number of nitrogens with zero attached hydrogens (tertiary/aromatic N) is 3. The maximum Gasteiger partial charge on any atom is 0.260 e. The van der Waals surface area contributed by atoms with Crippen LogP contribution in [0.1, 0.15) is 27.0 Å². The van der Waals surface area contributed by atoms with Crippen molar-refractivity contribution in [2.75, 3.05) is 4.90 Å². The maximum atomic E-state index is 13.3. The van der Waals surface area contributed by atoms with Gasteiger partial charge < -0.3 is 0 Å². The minimum Gasteiger partial charge on any atom is -0.279 e. The standard InChI is InChI=1S/C22H18ClN3OS/c1-14-10-15(2)20-19(11-14)28-22(25-20)26(13-16-4-3-9-24-12-16)21(27)17-5-7-18(23)8-6-17/h3-12H,13H2,1-2H3. The van der Waals surface area contributed by atoms with Gasteiger partial charge in [0.1, 0.15) is 0 Å². The smallest absolute Gasteiger partial charge is 0.260 e. The van der Waals surface area contributed by atoms with Crippen molar-refractivity contribution in [3.63, 3.8) is 0 Å². The molecular formula is C22H18ClN3OS. The van der Waals surface area contributed by atoms with Crippen molar-refractivity contribution in [2.45, 2.75) is 20.4 Å². The van der Waals surface area contributed by atoms with Gasteiger partial charge in [0, 0.05) is 23.0 Å². The molecule has 140 valence electrons. The highest BCUT2D eigenvalue weighted by Gasteiger charge is 2.22. The molecule has 6 heteroatoms. The van der Waals surface area contributed by atoms with E-state index in [0.29, 0.717) is 22.3 Å². The lowest BCUT2D eigenvalue weighted by atomic mass is 10.1. The fourth-order valence-corrected chi connectivity index (χ4v) is 4.39. The second-order valence-corrected chi connectivity index (χ2v) is 8.13. The van der Waals surface area contributed by atoms with Gasteiger partial charge in [0.25, 0.3) is 5.91 Å². The van der Waals surface area contributed by atoms with Crippen molar-refractivity contribution in [1.29, 1.82) is 0 Å². The molecule has 0 spiro atoms. The van der Waals surface area contributed by atoms with Crippen molar-refractivity contribution < 1.29 is 4.79 Å². The van der Waals surface area contributed by atoms with Gasteiger partial charge in [-0.1, -0.05) is 35.1 Å². The first-order chi connectivity index (χ1) is 13.5. The average molecular weight is 408 g/mol. The quantitative estimate of drug-likeness (QED) is 0.429. The summed E-state index contributed by atoms with van der Waals surface area (Å²) in [5, 5.41) is 1.27. The lowest BCUT2D eigenvalue weighted by molar-refractivity contribution is 0.0985. The molecule has 0 aliphatic heterocycles. The molecule has 0 N–H and O–H groups in total. The fraction of sp³-hybridized carbons (Fsp3) is 0.136. The zero-order chi connectivity index (χ0) is 19.7. The van der Waals surface area contributed by atoms with Gasteiger partial charge in [-0.05, 0) is 66.9 Å². The summed E-state index contributed by atoms with van der Waals surface area (Å²) < 4.78 is 1.08. The van der Waals surface area contributed by atoms with E-state index in [-0.39, 0.29) is 5.91 Å². The van der Waals surface area contributed by atoms with Crippen LogP contribution >= 0.6 is 22.9 Å². The number of pyridine rings is 1. The van der Waals surface area contributed by atoms with Gasteiger partial charge in [0.15, 0.2) is 5.13 Å². The monoisotopic (exact) mass is 407 g/mol. The number of amides is 1. The van der Waals surface area contributed by atoms with Crippen LogP contribution < -0.4 is 4.90 Å². The lowest BCUT2D eigenvalue weighted by Gasteiger charge is -2.20. The number of anilines is 1. The van der Waals surface area contributed by atoms with E-state index >= 15 is 0 Å². The van der Waals surface area contributed by atoms with Crippen molar-refractivity contribution in [3.05, 3.63) is 88.2 Å². The Bertz CT molecular complexity index is 1140. The predicted molar refractivity (Wildman–Crippen MR) is 115 cm³/mol. The Morgan fingerprint density at radius 2 is 1.93 bits per heavy atom. The molecule has 0 atom stereocenters. The van der Waals surface area contributed by atoms with Crippen LogP contribution in [0.15, 0.2) is 60.9 Å². The number of fused-ring (bicyclic) bond motifs is 1. The van der Waals surface area contributed by atoms with Gasteiger partial charge in [-0.2, -0.15) is 0 Å². The molecule has 1 amide bonds. The molecule has 0 saturated carbocycles. The highest BCUT2D eigenvalue weighted by Crippen LogP contribution is 2.33. The molecule has 0 saturated heterocycles. The van der Waals surface area contributed by atoms with Crippen LogP contribution in [0.5, 0.6) is 0 Å². The van der Waals surface area contributed by atoms with E-state index in [2.05, 4.69) is 24.0 Å². The van der Waals surface area contributed by atoms with Crippen LogP contribution in [-0.2, 0) is 6.54 Å². The molecule has 0 radical (unpaired) electrons. The molecule has 2 heterocycles. The first-order valence-electron chi connectivity index (χ1n) is 8.85. The van der Waals surface area contributed by atoms with E-state index in [1.54, 1.807) is 41.6 Å². The Morgan fingerprint density at radius 3 is 2.64 bits per heavy atom. The van der Waals surface area contributed by atoms with E-state index in [9.17, 15) is 4.79 Å². The molecule has 0 bridgehead atoms. The normalized spacial score (nSPS) is 11.0. The van der Waals surface area contributed by atoms with Gasteiger partial charge in [-0.15, -0.1) is 0 Å². The topological polar surface area (TPSA) is 46.1 Å². The van der Waals surface area contributed by atoms with Crippen LogP contribution in [0.25, 0.3) is 10.2 Å². The average Bonchev–Trinajstić information content (AvgIpc) is 3.11. The third-order valence-electron chi connectivity index (χ3n) is 4.45. The summed E-state index contributed by atoms with van der Waals surface area (Å²) in [6.45, 7) is 4.51. The number of rotatable bonds is 4. The van der Waals surface area contributed by atoms with E-state index < -0.39 is 0 Å². The van der Waals surface area contributed by atoms with Crippen LogP contribution in [0, 0.1) is 13.8 Å². The SMILES string of the molecule is Cc1cc(C)c2nc(N(Cc3cccnc3)C(=O)c3ccc(Cl)cc3)sc2c1. The molecule has 4 rings (SSSR count).